The molecule has 0 nitrogen and oxygen atoms in total. The van der Waals surface area contributed by atoms with Gasteiger partial charge in [-0.05, 0) is 89.0 Å². The first-order valence-electron chi connectivity index (χ1n) is 13.8. The third kappa shape index (κ3) is 3.25. The van der Waals surface area contributed by atoms with E-state index in [0.29, 0.717) is 0 Å². The second kappa shape index (κ2) is 8.16. The number of hydrogen-bond acceptors (Lipinski definition) is 0. The zero-order valence-electron chi connectivity index (χ0n) is 22.2. The van der Waals surface area contributed by atoms with Crippen LogP contribution in [0.4, 0.5) is 0 Å². The smallest absolute Gasteiger partial charge is 0.0158 e. The van der Waals surface area contributed by atoms with Crippen LogP contribution in [-0.4, -0.2) is 0 Å². The molecule has 0 amide bonds. The van der Waals surface area contributed by atoms with Crippen LogP contribution in [0.25, 0.3) is 65.7 Å². The Hall–Kier alpha value is -4.68. The van der Waals surface area contributed by atoms with Crippen LogP contribution in [0.1, 0.15) is 25.0 Å². The molecule has 0 spiro atoms. The highest BCUT2D eigenvalue weighted by atomic mass is 14.4. The van der Waals surface area contributed by atoms with Crippen LogP contribution in [0.3, 0.4) is 0 Å². The second-order valence-corrected chi connectivity index (χ2v) is 11.4. The van der Waals surface area contributed by atoms with Crippen molar-refractivity contribution in [1.82, 2.24) is 0 Å². The summed E-state index contributed by atoms with van der Waals surface area (Å²) in [6, 6.07) is 49.4. The molecule has 0 heteroatoms. The summed E-state index contributed by atoms with van der Waals surface area (Å²) >= 11 is 0. The van der Waals surface area contributed by atoms with E-state index in [-0.39, 0.29) is 5.41 Å². The van der Waals surface area contributed by atoms with Gasteiger partial charge in [-0.2, -0.15) is 0 Å². The van der Waals surface area contributed by atoms with Crippen LogP contribution in [0.5, 0.6) is 0 Å². The van der Waals surface area contributed by atoms with Crippen LogP contribution in [0, 0.1) is 0 Å². The highest BCUT2D eigenvalue weighted by Crippen LogP contribution is 2.49. The summed E-state index contributed by atoms with van der Waals surface area (Å²) in [6.45, 7) is 4.67. The molecule has 39 heavy (non-hydrogen) atoms. The van der Waals surface area contributed by atoms with Crippen molar-refractivity contribution in [2.75, 3.05) is 0 Å². The lowest BCUT2D eigenvalue weighted by Crippen LogP contribution is -2.14. The first-order valence-corrected chi connectivity index (χ1v) is 13.8. The van der Waals surface area contributed by atoms with Crippen molar-refractivity contribution in [2.24, 2.45) is 0 Å². The molecule has 1 aliphatic carbocycles. The van der Waals surface area contributed by atoms with Gasteiger partial charge in [-0.25, -0.2) is 0 Å². The van der Waals surface area contributed by atoms with Crippen molar-refractivity contribution in [3.8, 4) is 33.4 Å². The lowest BCUT2D eigenvalue weighted by atomic mass is 9.82. The molecule has 0 bridgehead atoms. The topological polar surface area (TPSA) is 0 Å². The highest BCUT2D eigenvalue weighted by molar-refractivity contribution is 6.23. The van der Waals surface area contributed by atoms with E-state index in [0.717, 1.165) is 0 Å². The van der Waals surface area contributed by atoms with Crippen LogP contribution >= 0.6 is 0 Å². The molecule has 0 radical (unpaired) electrons. The van der Waals surface area contributed by atoms with Crippen LogP contribution in [0.2, 0.25) is 0 Å². The molecule has 8 rings (SSSR count). The molecule has 0 aromatic heterocycles. The van der Waals surface area contributed by atoms with Gasteiger partial charge in [0.2, 0.25) is 0 Å². The maximum atomic E-state index is 2.38. The van der Waals surface area contributed by atoms with E-state index < -0.39 is 0 Å². The molecule has 7 aromatic carbocycles. The Morgan fingerprint density at radius 1 is 0.385 bits per heavy atom. The largest absolute Gasteiger partial charge is 0.0619 e. The zero-order valence-corrected chi connectivity index (χ0v) is 22.2. The Morgan fingerprint density at radius 2 is 1.00 bits per heavy atom. The van der Waals surface area contributed by atoms with E-state index in [9.17, 15) is 0 Å². The third-order valence-corrected chi connectivity index (χ3v) is 8.86. The van der Waals surface area contributed by atoms with E-state index in [2.05, 4.69) is 147 Å². The van der Waals surface area contributed by atoms with Gasteiger partial charge in [0.25, 0.3) is 0 Å². The van der Waals surface area contributed by atoms with Gasteiger partial charge in [0, 0.05) is 5.41 Å². The van der Waals surface area contributed by atoms with Gasteiger partial charge in [0.15, 0.2) is 0 Å². The Balaban J connectivity index is 1.26. The van der Waals surface area contributed by atoms with Crippen molar-refractivity contribution < 1.29 is 0 Å². The summed E-state index contributed by atoms with van der Waals surface area (Å²) in [5, 5.41) is 7.83. The Kier molecular flexibility index (Phi) is 4.67. The average molecular weight is 497 g/mol. The number of rotatable bonds is 2. The van der Waals surface area contributed by atoms with Gasteiger partial charge in [0.05, 0.1) is 0 Å². The molecule has 0 N–H and O–H groups in total. The van der Waals surface area contributed by atoms with Gasteiger partial charge in [0.1, 0.15) is 0 Å². The molecule has 0 atom stereocenters. The summed E-state index contributed by atoms with van der Waals surface area (Å²) in [7, 11) is 0. The monoisotopic (exact) mass is 496 g/mol. The van der Waals surface area contributed by atoms with Gasteiger partial charge in [-0.1, -0.05) is 135 Å². The summed E-state index contributed by atoms with van der Waals surface area (Å²) in [5.74, 6) is 0. The molecule has 0 unspecified atom stereocenters. The predicted octanol–water partition coefficient (Wildman–Crippen LogP) is 10.8. The maximum Gasteiger partial charge on any atom is 0.0158 e. The standard InChI is InChI=1S/C39H28/c1-39(2)36-14-8-7-12-32(36)35-23-28(21-22-37(35)39)25-15-17-27(18-16-25)34-24-29-20-19-26-9-3-4-10-30(26)38(29)33-13-6-5-11-31(33)34/h3-24H,1-2H3. The summed E-state index contributed by atoms with van der Waals surface area (Å²) in [6.07, 6.45) is 0. The minimum absolute atomic E-state index is 0.0385. The fourth-order valence-corrected chi connectivity index (χ4v) is 6.86. The Labute approximate surface area is 229 Å². The molecule has 184 valence electrons. The van der Waals surface area contributed by atoms with E-state index in [1.807, 2.05) is 0 Å². The number of fused-ring (bicyclic) bond motifs is 8. The molecular formula is C39H28. The van der Waals surface area contributed by atoms with Crippen molar-refractivity contribution in [3.05, 3.63) is 145 Å². The van der Waals surface area contributed by atoms with Gasteiger partial charge in [-0.15, -0.1) is 0 Å². The van der Waals surface area contributed by atoms with Crippen LogP contribution in [-0.2, 0) is 5.41 Å². The second-order valence-electron chi connectivity index (χ2n) is 11.4. The van der Waals surface area contributed by atoms with Crippen molar-refractivity contribution in [3.63, 3.8) is 0 Å². The lowest BCUT2D eigenvalue weighted by Gasteiger charge is -2.21. The van der Waals surface area contributed by atoms with Gasteiger partial charge < -0.3 is 0 Å². The Morgan fingerprint density at radius 3 is 1.85 bits per heavy atom. The van der Waals surface area contributed by atoms with Crippen molar-refractivity contribution >= 4 is 32.3 Å². The maximum absolute atomic E-state index is 2.38. The molecule has 0 aliphatic heterocycles. The summed E-state index contributed by atoms with van der Waals surface area (Å²) in [4.78, 5) is 0. The summed E-state index contributed by atoms with van der Waals surface area (Å²) in [5.41, 5.74) is 10.7. The Bertz CT molecular complexity index is 2070. The zero-order chi connectivity index (χ0) is 26.1. The number of benzene rings is 7. The van der Waals surface area contributed by atoms with Crippen molar-refractivity contribution in [1.29, 1.82) is 0 Å². The molecule has 0 saturated heterocycles. The fourth-order valence-electron chi connectivity index (χ4n) is 6.86. The number of hydrogen-bond donors (Lipinski definition) is 0. The molecule has 0 fully saturated rings. The fraction of sp³-hybridized carbons (Fsp3) is 0.0769. The molecular weight excluding hydrogens is 468 g/mol. The third-order valence-electron chi connectivity index (χ3n) is 8.86. The van der Waals surface area contributed by atoms with E-state index >= 15 is 0 Å². The summed E-state index contributed by atoms with van der Waals surface area (Å²) < 4.78 is 0. The van der Waals surface area contributed by atoms with Gasteiger partial charge in [-0.3, -0.25) is 0 Å². The average Bonchev–Trinajstić information content (AvgIpc) is 3.22. The van der Waals surface area contributed by atoms with Gasteiger partial charge >= 0.3 is 0 Å². The SMILES string of the molecule is CC1(C)c2ccccc2-c2cc(-c3ccc(-c4cc5ccc6ccccc6c5c5ccccc45)cc3)ccc21. The quantitative estimate of drug-likeness (QED) is 0.209. The van der Waals surface area contributed by atoms with Crippen molar-refractivity contribution in [2.45, 2.75) is 19.3 Å². The highest BCUT2D eigenvalue weighted by Gasteiger charge is 2.35. The van der Waals surface area contributed by atoms with Crippen LogP contribution in [0.15, 0.2) is 133 Å². The minimum Gasteiger partial charge on any atom is -0.0619 e. The predicted molar refractivity (Wildman–Crippen MR) is 167 cm³/mol. The normalized spacial score (nSPS) is 13.6. The molecule has 0 saturated carbocycles. The van der Waals surface area contributed by atoms with Crippen LogP contribution < -0.4 is 0 Å². The first-order chi connectivity index (χ1) is 19.1. The minimum atomic E-state index is 0.0385. The lowest BCUT2D eigenvalue weighted by molar-refractivity contribution is 0.660. The molecule has 1 aliphatic rings. The van der Waals surface area contributed by atoms with E-state index in [1.165, 1.54) is 76.8 Å². The molecule has 0 heterocycles. The first kappa shape index (κ1) is 22.3. The van der Waals surface area contributed by atoms with E-state index in [4.69, 9.17) is 0 Å². The molecule has 7 aromatic rings. The van der Waals surface area contributed by atoms with E-state index in [1.54, 1.807) is 0 Å².